The highest BCUT2D eigenvalue weighted by atomic mass is 16.3. The maximum Gasteiger partial charge on any atom is 0.237 e. The maximum atomic E-state index is 12.4. The highest BCUT2D eigenvalue weighted by molar-refractivity contribution is 5.78. The van der Waals surface area contributed by atoms with Crippen LogP contribution in [0.4, 0.5) is 0 Å². The van der Waals surface area contributed by atoms with Crippen LogP contribution in [0.5, 0.6) is 0 Å². The molecule has 0 aromatic rings. The quantitative estimate of drug-likeness (QED) is 0.725. The third-order valence-corrected chi connectivity index (χ3v) is 6.13. The molecule has 0 aliphatic heterocycles. The van der Waals surface area contributed by atoms with Crippen LogP contribution in [0.25, 0.3) is 0 Å². The molecule has 0 heterocycles. The number of nitriles is 1. The summed E-state index contributed by atoms with van der Waals surface area (Å²) in [6, 6.07) is 2.15. The number of fused-ring (bicyclic) bond motifs is 1. The first-order valence-electron chi connectivity index (χ1n) is 10.5. The normalized spacial score (nSPS) is 31.0. The van der Waals surface area contributed by atoms with Crippen LogP contribution in [0, 0.1) is 29.1 Å². The zero-order valence-electron chi connectivity index (χ0n) is 17.6. The van der Waals surface area contributed by atoms with Gasteiger partial charge in [-0.15, -0.1) is 0 Å². The summed E-state index contributed by atoms with van der Waals surface area (Å²) in [6.45, 7) is 12.9. The Morgan fingerprint density at radius 1 is 1.27 bits per heavy atom. The molecule has 2 aliphatic rings. The van der Waals surface area contributed by atoms with Gasteiger partial charge in [-0.05, 0) is 56.8 Å². The van der Waals surface area contributed by atoms with Crippen LogP contribution in [-0.2, 0) is 4.79 Å². The Morgan fingerprint density at radius 3 is 2.23 bits per heavy atom. The number of hydrogen-bond donors (Lipinski definition) is 2. The predicted octanol–water partition coefficient (Wildman–Crippen LogP) is 3.33. The second-order valence-electron chi connectivity index (χ2n) is 8.13. The number of carbonyl (C=O) groups excluding carboxylic acids is 1. The van der Waals surface area contributed by atoms with Crippen molar-refractivity contribution in [1.82, 2.24) is 10.2 Å². The molecule has 2 N–H and O–H groups in total. The molecular weight excluding hydrogens is 326 g/mol. The van der Waals surface area contributed by atoms with Crippen molar-refractivity contribution in [3.05, 3.63) is 0 Å². The van der Waals surface area contributed by atoms with E-state index in [1.54, 1.807) is 11.8 Å². The molecule has 3 unspecified atom stereocenters. The Hall–Kier alpha value is -1.12. The van der Waals surface area contributed by atoms with Gasteiger partial charge in [0, 0.05) is 12.6 Å². The van der Waals surface area contributed by atoms with Crippen molar-refractivity contribution in [2.45, 2.75) is 91.3 Å². The SMILES string of the molecule is CC.CCCN(C(=O)CNC1C[C@@H]2CC(O)(C(C)C)C[C@@H]2C1)C(C)C#N. The molecule has 1 amide bonds. The fourth-order valence-corrected chi connectivity index (χ4v) is 4.52. The van der Waals surface area contributed by atoms with Crippen molar-refractivity contribution in [3.8, 4) is 6.07 Å². The standard InChI is InChI=1S/C19H33N3O2.C2H6/c1-5-6-22(14(4)11-20)18(23)12-21-17-7-15-9-19(24,13(2)3)10-16(15)8-17;1-2/h13-17,21,24H,5-10,12H2,1-4H3;1-2H3/t14?,15-,16+,17?,19?;. The summed E-state index contributed by atoms with van der Waals surface area (Å²) >= 11 is 0. The van der Waals surface area contributed by atoms with Crippen LogP contribution in [0.3, 0.4) is 0 Å². The smallest absolute Gasteiger partial charge is 0.237 e. The molecule has 5 atom stereocenters. The summed E-state index contributed by atoms with van der Waals surface area (Å²) in [5, 5.41) is 23.2. The first-order chi connectivity index (χ1) is 12.3. The Balaban J connectivity index is 0.00000163. The lowest BCUT2D eigenvalue weighted by atomic mass is 9.86. The highest BCUT2D eigenvalue weighted by Gasteiger charge is 2.49. The molecule has 0 radical (unpaired) electrons. The zero-order chi connectivity index (χ0) is 19.9. The molecule has 150 valence electrons. The van der Waals surface area contributed by atoms with Gasteiger partial charge in [0.2, 0.25) is 5.91 Å². The average Bonchev–Trinajstić information content (AvgIpc) is 3.14. The van der Waals surface area contributed by atoms with Gasteiger partial charge < -0.3 is 15.3 Å². The van der Waals surface area contributed by atoms with Gasteiger partial charge in [-0.2, -0.15) is 5.26 Å². The van der Waals surface area contributed by atoms with Crippen LogP contribution in [-0.4, -0.2) is 46.7 Å². The molecule has 0 aromatic carbocycles. The zero-order valence-corrected chi connectivity index (χ0v) is 17.6. The Labute approximate surface area is 160 Å². The molecule has 26 heavy (non-hydrogen) atoms. The van der Waals surface area contributed by atoms with E-state index in [1.807, 2.05) is 20.8 Å². The van der Waals surface area contributed by atoms with Crippen molar-refractivity contribution < 1.29 is 9.90 Å². The van der Waals surface area contributed by atoms with Crippen molar-refractivity contribution in [2.75, 3.05) is 13.1 Å². The van der Waals surface area contributed by atoms with E-state index in [4.69, 9.17) is 5.26 Å². The van der Waals surface area contributed by atoms with Gasteiger partial charge in [0.05, 0.1) is 18.2 Å². The summed E-state index contributed by atoms with van der Waals surface area (Å²) in [4.78, 5) is 14.1. The minimum absolute atomic E-state index is 0.0154. The number of nitrogens with zero attached hydrogens (tertiary/aromatic N) is 2. The van der Waals surface area contributed by atoms with E-state index >= 15 is 0 Å². The molecule has 0 bridgehead atoms. The Kier molecular flexibility index (Phi) is 9.06. The lowest BCUT2D eigenvalue weighted by Gasteiger charge is -2.29. The third kappa shape index (κ3) is 5.44. The van der Waals surface area contributed by atoms with Gasteiger partial charge in [-0.3, -0.25) is 4.79 Å². The van der Waals surface area contributed by atoms with E-state index in [1.165, 1.54) is 0 Å². The second kappa shape index (κ2) is 10.3. The predicted molar refractivity (Wildman–Crippen MR) is 105 cm³/mol. The molecule has 2 saturated carbocycles. The van der Waals surface area contributed by atoms with Gasteiger partial charge in [0.1, 0.15) is 6.04 Å². The van der Waals surface area contributed by atoms with E-state index in [-0.39, 0.29) is 11.9 Å². The van der Waals surface area contributed by atoms with Gasteiger partial charge in [0.15, 0.2) is 0 Å². The first-order valence-corrected chi connectivity index (χ1v) is 10.5. The third-order valence-electron chi connectivity index (χ3n) is 6.13. The van der Waals surface area contributed by atoms with Gasteiger partial charge in [-0.1, -0.05) is 34.6 Å². The fourth-order valence-electron chi connectivity index (χ4n) is 4.52. The van der Waals surface area contributed by atoms with Crippen LogP contribution in [0.1, 0.15) is 73.6 Å². The van der Waals surface area contributed by atoms with Crippen molar-refractivity contribution in [3.63, 3.8) is 0 Å². The molecular formula is C21H39N3O2. The molecule has 0 aromatic heterocycles. The molecule has 2 fully saturated rings. The monoisotopic (exact) mass is 365 g/mol. The van der Waals surface area contributed by atoms with E-state index in [0.29, 0.717) is 36.9 Å². The number of aliphatic hydroxyl groups is 1. The van der Waals surface area contributed by atoms with Crippen LogP contribution in [0.15, 0.2) is 0 Å². The first kappa shape index (κ1) is 22.9. The van der Waals surface area contributed by atoms with Crippen molar-refractivity contribution in [1.29, 1.82) is 5.26 Å². The number of carbonyl (C=O) groups is 1. The van der Waals surface area contributed by atoms with Crippen LogP contribution >= 0.6 is 0 Å². The van der Waals surface area contributed by atoms with Gasteiger partial charge in [-0.25, -0.2) is 0 Å². The summed E-state index contributed by atoms with van der Waals surface area (Å²) in [5.74, 6) is 1.48. The minimum atomic E-state index is -0.490. The maximum absolute atomic E-state index is 12.4. The summed E-state index contributed by atoms with van der Waals surface area (Å²) < 4.78 is 0. The largest absolute Gasteiger partial charge is 0.390 e. The number of hydrogen-bond acceptors (Lipinski definition) is 4. The van der Waals surface area contributed by atoms with Crippen LogP contribution < -0.4 is 5.32 Å². The molecule has 5 nitrogen and oxygen atoms in total. The minimum Gasteiger partial charge on any atom is -0.390 e. The van der Waals surface area contributed by atoms with Crippen molar-refractivity contribution in [2.24, 2.45) is 17.8 Å². The molecule has 0 spiro atoms. The average molecular weight is 366 g/mol. The highest BCUT2D eigenvalue weighted by Crippen LogP contribution is 2.51. The fraction of sp³-hybridized carbons (Fsp3) is 0.905. The van der Waals surface area contributed by atoms with Gasteiger partial charge in [0.25, 0.3) is 0 Å². The van der Waals surface area contributed by atoms with E-state index < -0.39 is 5.60 Å². The van der Waals surface area contributed by atoms with E-state index in [9.17, 15) is 9.90 Å². The molecule has 2 aliphatic carbocycles. The van der Waals surface area contributed by atoms with Crippen molar-refractivity contribution >= 4 is 5.91 Å². The number of nitrogens with one attached hydrogen (secondary N) is 1. The number of rotatable bonds is 7. The lowest BCUT2D eigenvalue weighted by molar-refractivity contribution is -0.131. The number of amides is 1. The topological polar surface area (TPSA) is 76.4 Å². The second-order valence-corrected chi connectivity index (χ2v) is 8.13. The van der Waals surface area contributed by atoms with E-state index in [2.05, 4.69) is 25.2 Å². The molecule has 0 saturated heterocycles. The Morgan fingerprint density at radius 2 is 1.81 bits per heavy atom. The lowest BCUT2D eigenvalue weighted by Crippen LogP contribution is -2.45. The Bertz CT molecular complexity index is 472. The summed E-state index contributed by atoms with van der Waals surface area (Å²) in [5.41, 5.74) is -0.490. The molecule has 2 rings (SSSR count). The molecule has 5 heteroatoms. The van der Waals surface area contributed by atoms with Crippen LogP contribution in [0.2, 0.25) is 0 Å². The van der Waals surface area contributed by atoms with E-state index in [0.717, 1.165) is 32.1 Å². The van der Waals surface area contributed by atoms with Gasteiger partial charge >= 0.3 is 0 Å². The summed E-state index contributed by atoms with van der Waals surface area (Å²) in [7, 11) is 0. The summed E-state index contributed by atoms with van der Waals surface area (Å²) in [6.07, 6.45) is 4.76.